The predicted molar refractivity (Wildman–Crippen MR) is 120 cm³/mol. The second kappa shape index (κ2) is 9.98. The summed E-state index contributed by atoms with van der Waals surface area (Å²) in [5, 5.41) is 0. The second-order valence-corrected chi connectivity index (χ2v) is 9.74. The summed E-state index contributed by atoms with van der Waals surface area (Å²) in [6, 6.07) is 8.47. The van der Waals surface area contributed by atoms with Crippen LogP contribution in [0.3, 0.4) is 0 Å². The van der Waals surface area contributed by atoms with Gasteiger partial charge in [0.15, 0.2) is 0 Å². The molecule has 1 saturated heterocycles. The number of nitrogens with zero attached hydrogens (tertiary/aromatic N) is 2. The lowest BCUT2D eigenvalue weighted by Gasteiger charge is -2.38. The number of hydrogen-bond donors (Lipinski definition) is 0. The summed E-state index contributed by atoms with van der Waals surface area (Å²) in [5.74, 6) is 1.82. The molecule has 3 aliphatic rings. The maximum absolute atomic E-state index is 13.1. The molecular formula is C26H38N2O2. The number of piperidine rings is 1. The van der Waals surface area contributed by atoms with Crippen LogP contribution in [0.15, 0.2) is 24.3 Å². The highest BCUT2D eigenvalue weighted by molar-refractivity contribution is 5.81. The van der Waals surface area contributed by atoms with E-state index < -0.39 is 0 Å². The van der Waals surface area contributed by atoms with Crippen molar-refractivity contribution in [3.63, 3.8) is 0 Å². The van der Waals surface area contributed by atoms with Crippen molar-refractivity contribution in [1.82, 2.24) is 9.80 Å². The zero-order chi connectivity index (χ0) is 20.9. The minimum atomic E-state index is 0.0871. The molecule has 0 spiro atoms. The molecule has 1 aromatic rings. The molecular weight excluding hydrogens is 372 g/mol. The Morgan fingerprint density at radius 2 is 1.47 bits per heavy atom. The Balaban J connectivity index is 1.23. The van der Waals surface area contributed by atoms with Gasteiger partial charge in [0.2, 0.25) is 11.8 Å². The number of fused-ring (bicyclic) bond motifs is 1. The van der Waals surface area contributed by atoms with Gasteiger partial charge >= 0.3 is 0 Å². The van der Waals surface area contributed by atoms with E-state index in [-0.39, 0.29) is 11.8 Å². The Hall–Kier alpha value is -1.84. The average molecular weight is 411 g/mol. The molecule has 2 amide bonds. The van der Waals surface area contributed by atoms with E-state index in [1.165, 1.54) is 43.2 Å². The number of carbonyl (C=O) groups is 2. The van der Waals surface area contributed by atoms with E-state index in [0.29, 0.717) is 11.8 Å². The lowest BCUT2D eigenvalue weighted by atomic mass is 9.79. The highest BCUT2D eigenvalue weighted by atomic mass is 16.2. The van der Waals surface area contributed by atoms with Crippen LogP contribution in [-0.2, 0) is 22.6 Å². The molecule has 0 aromatic heterocycles. The molecule has 2 heterocycles. The van der Waals surface area contributed by atoms with E-state index in [4.69, 9.17) is 0 Å². The number of hydrogen-bond acceptors (Lipinski definition) is 2. The summed E-state index contributed by atoms with van der Waals surface area (Å²) in [6.45, 7) is 5.35. The summed E-state index contributed by atoms with van der Waals surface area (Å²) in [6.07, 6.45) is 11.1. The van der Waals surface area contributed by atoms with Gasteiger partial charge in [-0.2, -0.15) is 0 Å². The predicted octanol–water partition coefficient (Wildman–Crippen LogP) is 4.81. The van der Waals surface area contributed by atoms with E-state index in [0.717, 1.165) is 64.2 Å². The van der Waals surface area contributed by atoms with Gasteiger partial charge in [-0.1, -0.05) is 50.5 Å². The number of unbranched alkanes of at least 4 members (excludes halogenated alkanes) is 1. The number of rotatable bonds is 5. The second-order valence-electron chi connectivity index (χ2n) is 9.74. The van der Waals surface area contributed by atoms with Crippen molar-refractivity contribution >= 4 is 11.8 Å². The average Bonchev–Trinajstić information content (AvgIpc) is 2.82. The monoisotopic (exact) mass is 410 g/mol. The number of amides is 2. The van der Waals surface area contributed by atoms with Crippen molar-refractivity contribution in [2.75, 3.05) is 19.6 Å². The van der Waals surface area contributed by atoms with E-state index in [1.54, 1.807) is 0 Å². The molecule has 1 saturated carbocycles. The molecule has 164 valence electrons. The van der Waals surface area contributed by atoms with Gasteiger partial charge in [-0.15, -0.1) is 0 Å². The summed E-state index contributed by atoms with van der Waals surface area (Å²) in [4.78, 5) is 30.2. The largest absolute Gasteiger partial charge is 0.342 e. The molecule has 4 rings (SSSR count). The zero-order valence-electron chi connectivity index (χ0n) is 18.7. The third-order valence-corrected chi connectivity index (χ3v) is 7.76. The summed E-state index contributed by atoms with van der Waals surface area (Å²) >= 11 is 0. The Labute approximate surface area is 182 Å². The molecule has 2 fully saturated rings. The molecule has 2 aliphatic heterocycles. The lowest BCUT2D eigenvalue weighted by molar-refractivity contribution is -0.143. The first kappa shape index (κ1) is 21.4. The van der Waals surface area contributed by atoms with E-state index in [2.05, 4.69) is 36.1 Å². The van der Waals surface area contributed by atoms with Gasteiger partial charge in [0.1, 0.15) is 0 Å². The smallest absolute Gasteiger partial charge is 0.226 e. The van der Waals surface area contributed by atoms with Gasteiger partial charge < -0.3 is 9.80 Å². The first-order chi connectivity index (χ1) is 14.7. The van der Waals surface area contributed by atoms with Crippen molar-refractivity contribution in [3.8, 4) is 0 Å². The molecule has 0 N–H and O–H groups in total. The lowest BCUT2D eigenvalue weighted by Crippen LogP contribution is -2.47. The molecule has 0 bridgehead atoms. The molecule has 30 heavy (non-hydrogen) atoms. The van der Waals surface area contributed by atoms with Crippen molar-refractivity contribution in [3.05, 3.63) is 35.4 Å². The highest BCUT2D eigenvalue weighted by Crippen LogP contribution is 2.34. The minimum Gasteiger partial charge on any atom is -0.342 e. The topological polar surface area (TPSA) is 40.6 Å². The first-order valence-corrected chi connectivity index (χ1v) is 12.3. The third kappa shape index (κ3) is 4.90. The fourth-order valence-electron chi connectivity index (χ4n) is 5.74. The SMILES string of the molecule is CCCCC1CCC(C(=O)N2CCC(C(=O)N3CCc4ccccc4C3)CC2)CC1. The Bertz CT molecular complexity index is 730. The van der Waals surface area contributed by atoms with Crippen LogP contribution in [0.25, 0.3) is 0 Å². The van der Waals surface area contributed by atoms with E-state index in [1.807, 2.05) is 4.90 Å². The van der Waals surface area contributed by atoms with Crippen LogP contribution in [0.4, 0.5) is 0 Å². The molecule has 1 aliphatic carbocycles. The van der Waals surface area contributed by atoms with Gasteiger partial charge in [0.05, 0.1) is 0 Å². The maximum atomic E-state index is 13.1. The summed E-state index contributed by atoms with van der Waals surface area (Å²) in [5.41, 5.74) is 2.67. The van der Waals surface area contributed by atoms with Crippen molar-refractivity contribution < 1.29 is 9.59 Å². The van der Waals surface area contributed by atoms with Crippen LogP contribution in [0.1, 0.15) is 75.8 Å². The minimum absolute atomic E-state index is 0.0871. The van der Waals surface area contributed by atoms with Crippen molar-refractivity contribution in [2.24, 2.45) is 17.8 Å². The van der Waals surface area contributed by atoms with Crippen LogP contribution < -0.4 is 0 Å². The molecule has 1 aromatic carbocycles. The van der Waals surface area contributed by atoms with Gasteiger partial charge in [-0.3, -0.25) is 9.59 Å². The molecule has 0 radical (unpaired) electrons. The summed E-state index contributed by atoms with van der Waals surface area (Å²) in [7, 11) is 0. The molecule has 4 heteroatoms. The highest BCUT2D eigenvalue weighted by Gasteiger charge is 2.34. The number of carbonyl (C=O) groups excluding carboxylic acids is 2. The van der Waals surface area contributed by atoms with Crippen LogP contribution in [0.5, 0.6) is 0 Å². The fraction of sp³-hybridized carbons (Fsp3) is 0.692. The standard InChI is InChI=1S/C26H38N2O2/c1-2-3-6-20-9-11-22(12-10-20)25(29)27-16-14-23(15-17-27)26(30)28-18-13-21-7-4-5-8-24(21)19-28/h4-5,7-8,20,22-23H,2-3,6,9-19H2,1H3. The fourth-order valence-corrected chi connectivity index (χ4v) is 5.74. The van der Waals surface area contributed by atoms with Gasteiger partial charge in [0.25, 0.3) is 0 Å². The van der Waals surface area contributed by atoms with Crippen LogP contribution in [0.2, 0.25) is 0 Å². The van der Waals surface area contributed by atoms with Crippen molar-refractivity contribution in [2.45, 2.75) is 77.7 Å². The number of likely N-dealkylation sites (tertiary alicyclic amines) is 1. The van der Waals surface area contributed by atoms with E-state index in [9.17, 15) is 9.59 Å². The van der Waals surface area contributed by atoms with Crippen molar-refractivity contribution in [1.29, 1.82) is 0 Å². The quantitative estimate of drug-likeness (QED) is 0.699. The van der Waals surface area contributed by atoms with Crippen LogP contribution in [-0.4, -0.2) is 41.2 Å². The maximum Gasteiger partial charge on any atom is 0.226 e. The van der Waals surface area contributed by atoms with E-state index >= 15 is 0 Å². The van der Waals surface area contributed by atoms with Gasteiger partial charge in [-0.05, 0) is 62.0 Å². The Morgan fingerprint density at radius 1 is 0.833 bits per heavy atom. The van der Waals surface area contributed by atoms with Gasteiger partial charge in [0, 0.05) is 38.0 Å². The summed E-state index contributed by atoms with van der Waals surface area (Å²) < 4.78 is 0. The molecule has 0 unspecified atom stereocenters. The first-order valence-electron chi connectivity index (χ1n) is 12.3. The Kier molecular flexibility index (Phi) is 7.12. The Morgan fingerprint density at radius 3 is 2.17 bits per heavy atom. The zero-order valence-corrected chi connectivity index (χ0v) is 18.7. The third-order valence-electron chi connectivity index (χ3n) is 7.76. The van der Waals surface area contributed by atoms with Crippen LogP contribution in [0, 0.1) is 17.8 Å². The van der Waals surface area contributed by atoms with Gasteiger partial charge in [-0.25, -0.2) is 0 Å². The molecule has 0 atom stereocenters. The van der Waals surface area contributed by atoms with Crippen LogP contribution >= 0.6 is 0 Å². The molecule has 4 nitrogen and oxygen atoms in total. The number of benzene rings is 1. The normalized spacial score (nSPS) is 25.1.